The lowest BCUT2D eigenvalue weighted by Crippen LogP contribution is -2.39. The highest BCUT2D eigenvalue weighted by Crippen LogP contribution is 2.46. The van der Waals surface area contributed by atoms with E-state index in [2.05, 4.69) is 4.98 Å². The van der Waals surface area contributed by atoms with E-state index in [0.29, 0.717) is 55.4 Å². The first-order valence-corrected chi connectivity index (χ1v) is 10.5. The number of nitrogens with zero attached hydrogens (tertiary/aromatic N) is 3. The smallest absolute Gasteiger partial charge is 0.303 e. The van der Waals surface area contributed by atoms with Gasteiger partial charge in [-0.1, -0.05) is 0 Å². The third kappa shape index (κ3) is 3.55. The minimum atomic E-state index is -0.867. The van der Waals surface area contributed by atoms with Crippen molar-refractivity contribution in [2.75, 3.05) is 26.2 Å². The summed E-state index contributed by atoms with van der Waals surface area (Å²) < 4.78 is 5.50. The molecular formula is C20H23N3O5S. The van der Waals surface area contributed by atoms with E-state index in [0.717, 1.165) is 0 Å². The normalized spacial score (nSPS) is 23.4. The number of rotatable bonds is 5. The second kappa shape index (κ2) is 7.29. The molecule has 154 valence electrons. The fourth-order valence-electron chi connectivity index (χ4n) is 4.70. The quantitative estimate of drug-likeness (QED) is 0.801. The topological polar surface area (TPSA) is 104 Å². The Labute approximate surface area is 172 Å². The number of hydrogen-bond acceptors (Lipinski definition) is 6. The van der Waals surface area contributed by atoms with Crippen LogP contribution in [0.5, 0.6) is 0 Å². The van der Waals surface area contributed by atoms with Crippen molar-refractivity contribution < 1.29 is 23.9 Å². The number of carboxylic acid groups (broad SMARTS) is 1. The van der Waals surface area contributed by atoms with Crippen molar-refractivity contribution in [2.45, 2.75) is 26.7 Å². The fourth-order valence-corrected chi connectivity index (χ4v) is 5.22. The molecule has 2 aliphatic rings. The van der Waals surface area contributed by atoms with Gasteiger partial charge >= 0.3 is 5.97 Å². The van der Waals surface area contributed by atoms with Crippen molar-refractivity contribution in [3.63, 3.8) is 0 Å². The highest BCUT2D eigenvalue weighted by atomic mass is 32.1. The fraction of sp³-hybridized carbons (Fsp3) is 0.500. The number of amides is 2. The van der Waals surface area contributed by atoms with E-state index in [4.69, 9.17) is 4.42 Å². The standard InChI is InChI=1S/C20H23N3O5S/c1-12-5-15(13(2)28-12)18(26)22-6-14-7-23(19(27)16-8-29-11-21-16)10-20(14,9-22)4-3-17(24)25/h5,8,11,14H,3-4,6-7,9-10H2,1-2H3,(H,24,25). The third-order valence-corrected chi connectivity index (χ3v) is 6.68. The lowest BCUT2D eigenvalue weighted by molar-refractivity contribution is -0.137. The number of carboxylic acids is 1. The SMILES string of the molecule is Cc1cc(C(=O)N2CC3CN(C(=O)c4cscn4)CC3(CCC(=O)O)C2)c(C)o1. The minimum Gasteiger partial charge on any atom is -0.481 e. The first-order chi connectivity index (χ1) is 13.8. The summed E-state index contributed by atoms with van der Waals surface area (Å²) in [6.45, 7) is 5.46. The molecule has 1 N–H and O–H groups in total. The molecule has 9 heteroatoms. The van der Waals surface area contributed by atoms with E-state index in [-0.39, 0.29) is 24.2 Å². The molecule has 2 aliphatic heterocycles. The van der Waals surface area contributed by atoms with Gasteiger partial charge in [-0.15, -0.1) is 11.3 Å². The summed E-state index contributed by atoms with van der Waals surface area (Å²) in [5.41, 5.74) is 2.18. The number of thiazole rings is 1. The Bertz CT molecular complexity index is 953. The van der Waals surface area contributed by atoms with Gasteiger partial charge in [-0.2, -0.15) is 0 Å². The van der Waals surface area contributed by atoms with Crippen LogP contribution in [0, 0.1) is 25.2 Å². The highest BCUT2D eigenvalue weighted by Gasteiger charge is 2.54. The van der Waals surface area contributed by atoms with Crippen molar-refractivity contribution in [3.05, 3.63) is 39.7 Å². The number of likely N-dealkylation sites (tertiary alicyclic amines) is 2. The number of carbonyl (C=O) groups excluding carboxylic acids is 2. The lowest BCUT2D eigenvalue weighted by Gasteiger charge is -2.28. The van der Waals surface area contributed by atoms with Crippen LogP contribution >= 0.6 is 11.3 Å². The molecule has 0 aromatic carbocycles. The van der Waals surface area contributed by atoms with Crippen molar-refractivity contribution >= 4 is 29.1 Å². The van der Waals surface area contributed by atoms with E-state index in [1.807, 2.05) is 0 Å². The van der Waals surface area contributed by atoms with Gasteiger partial charge < -0.3 is 19.3 Å². The van der Waals surface area contributed by atoms with Gasteiger partial charge in [0.2, 0.25) is 0 Å². The largest absolute Gasteiger partial charge is 0.481 e. The van der Waals surface area contributed by atoms with Crippen LogP contribution < -0.4 is 0 Å². The van der Waals surface area contributed by atoms with Crippen LogP contribution in [0.1, 0.15) is 45.2 Å². The molecule has 0 spiro atoms. The Morgan fingerprint density at radius 3 is 2.48 bits per heavy atom. The predicted molar refractivity (Wildman–Crippen MR) is 105 cm³/mol. The number of aryl methyl sites for hydroxylation is 2. The Morgan fingerprint density at radius 1 is 1.24 bits per heavy atom. The van der Waals surface area contributed by atoms with Gasteiger partial charge in [0.25, 0.3) is 11.8 Å². The molecule has 2 aromatic heterocycles. The summed E-state index contributed by atoms with van der Waals surface area (Å²) >= 11 is 1.37. The van der Waals surface area contributed by atoms with Gasteiger partial charge in [0.1, 0.15) is 17.2 Å². The molecule has 2 atom stereocenters. The first kappa shape index (κ1) is 19.6. The Hall–Kier alpha value is -2.68. The number of carbonyl (C=O) groups is 3. The molecule has 2 fully saturated rings. The lowest BCUT2D eigenvalue weighted by atomic mass is 9.77. The van der Waals surface area contributed by atoms with Gasteiger partial charge in [0, 0.05) is 49.3 Å². The molecule has 0 radical (unpaired) electrons. The molecule has 8 nitrogen and oxygen atoms in total. The number of fused-ring (bicyclic) bond motifs is 1. The maximum absolute atomic E-state index is 13.1. The van der Waals surface area contributed by atoms with Gasteiger partial charge in [0.15, 0.2) is 0 Å². The van der Waals surface area contributed by atoms with Crippen molar-refractivity contribution in [3.8, 4) is 0 Å². The second-order valence-corrected chi connectivity index (χ2v) is 8.74. The summed E-state index contributed by atoms with van der Waals surface area (Å²) in [5, 5.41) is 10.9. The molecule has 2 amide bonds. The predicted octanol–water partition coefficient (Wildman–Crippen LogP) is 2.43. The zero-order valence-electron chi connectivity index (χ0n) is 16.4. The van der Waals surface area contributed by atoms with Gasteiger partial charge in [-0.3, -0.25) is 14.4 Å². The summed E-state index contributed by atoms with van der Waals surface area (Å²) in [5.74, 6) is 0.223. The maximum Gasteiger partial charge on any atom is 0.303 e. The molecule has 2 saturated heterocycles. The van der Waals surface area contributed by atoms with Gasteiger partial charge in [0.05, 0.1) is 11.1 Å². The van der Waals surface area contributed by atoms with E-state index in [1.165, 1.54) is 11.3 Å². The zero-order chi connectivity index (χ0) is 20.8. The summed E-state index contributed by atoms with van der Waals surface area (Å²) in [6.07, 6.45) is 0.447. The van der Waals surface area contributed by atoms with Crippen molar-refractivity contribution in [2.24, 2.45) is 11.3 Å². The van der Waals surface area contributed by atoms with Crippen LogP contribution in [0.3, 0.4) is 0 Å². The van der Waals surface area contributed by atoms with E-state index in [9.17, 15) is 19.5 Å². The molecule has 0 bridgehead atoms. The van der Waals surface area contributed by atoms with Crippen LogP contribution in [0.25, 0.3) is 0 Å². The monoisotopic (exact) mass is 417 g/mol. The Morgan fingerprint density at radius 2 is 1.93 bits per heavy atom. The molecule has 29 heavy (non-hydrogen) atoms. The molecular weight excluding hydrogens is 394 g/mol. The van der Waals surface area contributed by atoms with Crippen molar-refractivity contribution in [1.29, 1.82) is 0 Å². The number of aliphatic carboxylic acids is 1. The molecule has 4 heterocycles. The average Bonchev–Trinajstić information content (AvgIpc) is 3.41. The molecule has 4 rings (SSSR count). The average molecular weight is 417 g/mol. The zero-order valence-corrected chi connectivity index (χ0v) is 17.2. The first-order valence-electron chi connectivity index (χ1n) is 9.54. The summed E-state index contributed by atoms with van der Waals surface area (Å²) in [6, 6.07) is 1.74. The highest BCUT2D eigenvalue weighted by molar-refractivity contribution is 7.07. The van der Waals surface area contributed by atoms with E-state index >= 15 is 0 Å². The third-order valence-electron chi connectivity index (χ3n) is 6.09. The number of furan rings is 1. The second-order valence-electron chi connectivity index (χ2n) is 8.02. The Kier molecular flexibility index (Phi) is 4.94. The van der Waals surface area contributed by atoms with Crippen LogP contribution in [0.2, 0.25) is 0 Å². The van der Waals surface area contributed by atoms with Crippen molar-refractivity contribution in [1.82, 2.24) is 14.8 Å². The number of aromatic nitrogens is 1. The van der Waals surface area contributed by atoms with E-state index < -0.39 is 11.4 Å². The molecule has 0 saturated carbocycles. The van der Waals surface area contributed by atoms with Gasteiger partial charge in [-0.25, -0.2) is 4.98 Å². The van der Waals surface area contributed by atoms with Crippen LogP contribution in [-0.2, 0) is 4.79 Å². The van der Waals surface area contributed by atoms with E-state index in [1.54, 1.807) is 40.6 Å². The van der Waals surface area contributed by atoms with Crippen LogP contribution in [-0.4, -0.2) is 63.9 Å². The molecule has 2 unspecified atom stereocenters. The van der Waals surface area contributed by atoms with Crippen LogP contribution in [0.4, 0.5) is 0 Å². The van der Waals surface area contributed by atoms with Crippen LogP contribution in [0.15, 0.2) is 21.4 Å². The maximum atomic E-state index is 13.1. The van der Waals surface area contributed by atoms with Gasteiger partial charge in [-0.05, 0) is 26.3 Å². The summed E-state index contributed by atoms with van der Waals surface area (Å²) in [4.78, 5) is 44.7. The summed E-state index contributed by atoms with van der Waals surface area (Å²) in [7, 11) is 0. The molecule has 0 aliphatic carbocycles. The minimum absolute atomic E-state index is 0.0150. The number of hydrogen-bond donors (Lipinski definition) is 1. The molecule has 2 aromatic rings. The Balaban J connectivity index is 1.55.